The van der Waals surface area contributed by atoms with Crippen LogP contribution in [-0.2, 0) is 9.59 Å². The number of carbonyl (C=O) groups is 2. The van der Waals surface area contributed by atoms with Gasteiger partial charge in [0.25, 0.3) is 0 Å². The normalized spacial score (nSPS) is 16.8. The summed E-state index contributed by atoms with van der Waals surface area (Å²) in [6.45, 7) is 2.09. The SMILES string of the molecule is CCCCCC(=O)NC(CC(=O)O)C1CC1. The van der Waals surface area contributed by atoms with Crippen LogP contribution < -0.4 is 5.32 Å². The van der Waals surface area contributed by atoms with E-state index in [-0.39, 0.29) is 18.4 Å². The highest BCUT2D eigenvalue weighted by atomic mass is 16.4. The van der Waals surface area contributed by atoms with Gasteiger partial charge in [-0.2, -0.15) is 0 Å². The molecule has 1 aliphatic carbocycles. The lowest BCUT2D eigenvalue weighted by Crippen LogP contribution is -2.37. The number of carbonyl (C=O) groups excluding carboxylic acids is 1. The Hall–Kier alpha value is -1.06. The number of carboxylic acid groups (broad SMARTS) is 1. The Kier molecular flexibility index (Phi) is 5.29. The molecule has 16 heavy (non-hydrogen) atoms. The fraction of sp³-hybridized carbons (Fsp3) is 0.833. The van der Waals surface area contributed by atoms with Gasteiger partial charge in [-0.25, -0.2) is 0 Å². The summed E-state index contributed by atoms with van der Waals surface area (Å²) in [5, 5.41) is 11.6. The van der Waals surface area contributed by atoms with Gasteiger partial charge in [-0.3, -0.25) is 9.59 Å². The molecule has 1 aliphatic rings. The monoisotopic (exact) mass is 227 g/mol. The highest BCUT2D eigenvalue weighted by Gasteiger charge is 2.33. The molecule has 1 unspecified atom stereocenters. The molecule has 1 fully saturated rings. The topological polar surface area (TPSA) is 66.4 Å². The molecule has 2 N–H and O–H groups in total. The zero-order valence-electron chi connectivity index (χ0n) is 9.87. The molecule has 0 bridgehead atoms. The summed E-state index contributed by atoms with van der Waals surface area (Å²) in [7, 11) is 0. The van der Waals surface area contributed by atoms with E-state index in [1.165, 1.54) is 0 Å². The Morgan fingerprint density at radius 1 is 1.38 bits per heavy atom. The van der Waals surface area contributed by atoms with Gasteiger partial charge in [0.2, 0.25) is 5.91 Å². The van der Waals surface area contributed by atoms with Crippen LogP contribution in [-0.4, -0.2) is 23.0 Å². The number of hydrogen-bond donors (Lipinski definition) is 2. The van der Waals surface area contributed by atoms with Gasteiger partial charge in [-0.05, 0) is 25.2 Å². The third kappa shape index (κ3) is 5.14. The van der Waals surface area contributed by atoms with E-state index in [1.54, 1.807) is 0 Å². The standard InChI is InChI=1S/C12H21NO3/c1-2-3-4-5-11(14)13-10(8-12(15)16)9-6-7-9/h9-10H,2-8H2,1H3,(H,13,14)(H,15,16). The van der Waals surface area contributed by atoms with E-state index < -0.39 is 5.97 Å². The zero-order valence-corrected chi connectivity index (χ0v) is 9.87. The lowest BCUT2D eigenvalue weighted by atomic mass is 10.1. The van der Waals surface area contributed by atoms with Crippen molar-refractivity contribution in [3.05, 3.63) is 0 Å². The minimum Gasteiger partial charge on any atom is -0.481 e. The summed E-state index contributed by atoms with van der Waals surface area (Å²) in [4.78, 5) is 22.2. The van der Waals surface area contributed by atoms with Gasteiger partial charge in [0, 0.05) is 12.5 Å². The molecule has 4 heteroatoms. The Balaban J connectivity index is 2.24. The first-order valence-electron chi connectivity index (χ1n) is 6.14. The lowest BCUT2D eigenvalue weighted by molar-refractivity contribution is -0.137. The van der Waals surface area contributed by atoms with E-state index in [0.717, 1.165) is 32.1 Å². The molecule has 0 radical (unpaired) electrons. The van der Waals surface area contributed by atoms with Crippen LogP contribution in [0.5, 0.6) is 0 Å². The van der Waals surface area contributed by atoms with E-state index in [0.29, 0.717) is 12.3 Å². The fourth-order valence-corrected chi connectivity index (χ4v) is 1.84. The number of amides is 1. The van der Waals surface area contributed by atoms with E-state index >= 15 is 0 Å². The minimum absolute atomic E-state index is 0.00611. The summed E-state index contributed by atoms with van der Waals surface area (Å²) >= 11 is 0. The summed E-state index contributed by atoms with van der Waals surface area (Å²) in [6, 6.07) is -0.147. The predicted octanol–water partition coefficient (Wildman–Crippen LogP) is 1.94. The van der Waals surface area contributed by atoms with Crippen molar-refractivity contribution in [3.63, 3.8) is 0 Å². The van der Waals surface area contributed by atoms with E-state index in [4.69, 9.17) is 5.11 Å². The molecule has 0 spiro atoms. The molecule has 0 saturated heterocycles. The molecular weight excluding hydrogens is 206 g/mol. The smallest absolute Gasteiger partial charge is 0.305 e. The molecule has 0 aliphatic heterocycles. The van der Waals surface area contributed by atoms with Crippen LogP contribution >= 0.6 is 0 Å². The Morgan fingerprint density at radius 2 is 2.06 bits per heavy atom. The van der Waals surface area contributed by atoms with Gasteiger partial charge in [-0.15, -0.1) is 0 Å². The van der Waals surface area contributed by atoms with Crippen LogP contribution in [0.3, 0.4) is 0 Å². The van der Waals surface area contributed by atoms with Crippen LogP contribution in [0.1, 0.15) is 51.9 Å². The van der Waals surface area contributed by atoms with Crippen molar-refractivity contribution in [2.75, 3.05) is 0 Å². The van der Waals surface area contributed by atoms with Crippen molar-refractivity contribution < 1.29 is 14.7 Å². The molecule has 1 atom stereocenters. The maximum atomic E-state index is 11.5. The van der Waals surface area contributed by atoms with Crippen LogP contribution in [0.25, 0.3) is 0 Å². The van der Waals surface area contributed by atoms with E-state index in [9.17, 15) is 9.59 Å². The van der Waals surface area contributed by atoms with Crippen LogP contribution in [0.4, 0.5) is 0 Å². The average Bonchev–Trinajstić information content (AvgIpc) is 2.99. The second-order valence-corrected chi connectivity index (χ2v) is 4.57. The van der Waals surface area contributed by atoms with Crippen molar-refractivity contribution in [2.45, 2.75) is 57.9 Å². The van der Waals surface area contributed by atoms with Gasteiger partial charge in [0.1, 0.15) is 0 Å². The lowest BCUT2D eigenvalue weighted by Gasteiger charge is -2.15. The van der Waals surface area contributed by atoms with Gasteiger partial charge in [-0.1, -0.05) is 19.8 Å². The maximum absolute atomic E-state index is 11.5. The van der Waals surface area contributed by atoms with Crippen LogP contribution in [0.15, 0.2) is 0 Å². The van der Waals surface area contributed by atoms with Gasteiger partial charge in [0.15, 0.2) is 0 Å². The Bertz CT molecular complexity index is 249. The Labute approximate surface area is 96.4 Å². The van der Waals surface area contributed by atoms with Gasteiger partial charge < -0.3 is 10.4 Å². The molecule has 92 valence electrons. The summed E-state index contributed by atoms with van der Waals surface area (Å²) in [6.07, 6.45) is 5.73. The quantitative estimate of drug-likeness (QED) is 0.623. The molecule has 0 aromatic heterocycles. The molecule has 1 rings (SSSR count). The number of nitrogens with one attached hydrogen (secondary N) is 1. The third-order valence-corrected chi connectivity index (χ3v) is 2.94. The van der Waals surface area contributed by atoms with Crippen molar-refractivity contribution in [1.82, 2.24) is 5.32 Å². The van der Waals surface area contributed by atoms with Crippen molar-refractivity contribution in [1.29, 1.82) is 0 Å². The summed E-state index contributed by atoms with van der Waals surface area (Å²) in [5.41, 5.74) is 0. The van der Waals surface area contributed by atoms with Crippen LogP contribution in [0.2, 0.25) is 0 Å². The van der Waals surface area contributed by atoms with Gasteiger partial charge >= 0.3 is 5.97 Å². The van der Waals surface area contributed by atoms with Crippen LogP contribution in [0, 0.1) is 5.92 Å². The predicted molar refractivity (Wildman–Crippen MR) is 61.0 cm³/mol. The molecule has 4 nitrogen and oxygen atoms in total. The highest BCUT2D eigenvalue weighted by molar-refractivity contribution is 5.77. The number of aliphatic carboxylic acids is 1. The first kappa shape index (κ1) is 13.0. The number of unbranched alkanes of at least 4 members (excludes halogenated alkanes) is 2. The first-order chi connectivity index (χ1) is 7.63. The molecule has 0 heterocycles. The molecule has 0 aromatic rings. The fourth-order valence-electron chi connectivity index (χ4n) is 1.84. The summed E-state index contributed by atoms with van der Waals surface area (Å²) in [5.74, 6) is -0.427. The highest BCUT2D eigenvalue weighted by Crippen LogP contribution is 2.34. The molecular formula is C12H21NO3. The second kappa shape index (κ2) is 6.51. The molecule has 1 saturated carbocycles. The minimum atomic E-state index is -0.828. The largest absolute Gasteiger partial charge is 0.481 e. The second-order valence-electron chi connectivity index (χ2n) is 4.57. The number of rotatable bonds is 8. The van der Waals surface area contributed by atoms with Crippen molar-refractivity contribution >= 4 is 11.9 Å². The van der Waals surface area contributed by atoms with Crippen molar-refractivity contribution in [2.24, 2.45) is 5.92 Å². The Morgan fingerprint density at radius 3 is 2.56 bits per heavy atom. The zero-order chi connectivity index (χ0) is 12.0. The van der Waals surface area contributed by atoms with E-state index in [1.807, 2.05) is 0 Å². The molecule has 1 amide bonds. The van der Waals surface area contributed by atoms with Gasteiger partial charge in [0.05, 0.1) is 6.42 Å². The average molecular weight is 227 g/mol. The number of carboxylic acids is 1. The molecule has 0 aromatic carbocycles. The maximum Gasteiger partial charge on any atom is 0.305 e. The number of hydrogen-bond acceptors (Lipinski definition) is 2. The first-order valence-corrected chi connectivity index (χ1v) is 6.14. The summed E-state index contributed by atoms with van der Waals surface area (Å²) < 4.78 is 0. The van der Waals surface area contributed by atoms with E-state index in [2.05, 4.69) is 12.2 Å². The van der Waals surface area contributed by atoms with Crippen molar-refractivity contribution in [3.8, 4) is 0 Å². The third-order valence-electron chi connectivity index (χ3n) is 2.94.